The number of anilines is 2. The van der Waals surface area contributed by atoms with E-state index >= 15 is 0 Å². The molecule has 0 saturated carbocycles. The van der Waals surface area contributed by atoms with Gasteiger partial charge in [-0.05, 0) is 55.6 Å². The van der Waals surface area contributed by atoms with E-state index in [1.165, 1.54) is 12.0 Å². The molecule has 2 aliphatic rings. The molecule has 0 aliphatic carbocycles. The molecule has 6 nitrogen and oxygen atoms in total. The van der Waals surface area contributed by atoms with E-state index in [1.807, 2.05) is 18.3 Å². The summed E-state index contributed by atoms with van der Waals surface area (Å²) in [6.07, 6.45) is 5.26. The minimum Gasteiger partial charge on any atom is -0.482 e. The van der Waals surface area contributed by atoms with Crippen LogP contribution in [0, 0.1) is 0 Å². The second kappa shape index (κ2) is 8.61. The van der Waals surface area contributed by atoms with Crippen LogP contribution in [-0.2, 0) is 11.2 Å². The summed E-state index contributed by atoms with van der Waals surface area (Å²) in [6, 6.07) is 12.3. The minimum atomic E-state index is 0.00314. The van der Waals surface area contributed by atoms with E-state index in [1.54, 1.807) is 11.9 Å². The van der Waals surface area contributed by atoms with Crippen molar-refractivity contribution in [2.75, 3.05) is 56.2 Å². The first-order valence-electron chi connectivity index (χ1n) is 10.1. The van der Waals surface area contributed by atoms with Gasteiger partial charge in [0.05, 0.1) is 5.69 Å². The van der Waals surface area contributed by atoms with E-state index in [9.17, 15) is 4.79 Å². The molecule has 1 fully saturated rings. The molecule has 0 unspecified atom stereocenters. The maximum absolute atomic E-state index is 11.7. The highest BCUT2D eigenvalue weighted by Crippen LogP contribution is 2.32. The van der Waals surface area contributed by atoms with Crippen molar-refractivity contribution < 1.29 is 9.53 Å². The van der Waals surface area contributed by atoms with E-state index in [-0.39, 0.29) is 12.5 Å². The van der Waals surface area contributed by atoms with Crippen LogP contribution in [-0.4, -0.2) is 62.2 Å². The molecule has 0 bridgehead atoms. The molecule has 0 N–H and O–H groups in total. The standard InChI is InChI=1S/C22H28N4O2/c1-24-19-9-8-18(16-20(19)28-17-22(24)27)6-3-5-11-25-12-14-26(15-13-25)21-7-2-4-10-23-21/h2,4,7-10,16H,3,5-6,11-15,17H2,1H3. The fraction of sp³-hybridized carbons (Fsp3) is 0.455. The Morgan fingerprint density at radius 3 is 2.71 bits per heavy atom. The quantitative estimate of drug-likeness (QED) is 0.721. The highest BCUT2D eigenvalue weighted by atomic mass is 16.5. The Kier molecular flexibility index (Phi) is 5.76. The Morgan fingerprint density at radius 2 is 1.93 bits per heavy atom. The van der Waals surface area contributed by atoms with Crippen molar-refractivity contribution in [3.05, 3.63) is 48.2 Å². The van der Waals surface area contributed by atoms with E-state index in [2.05, 4.69) is 39.0 Å². The first kappa shape index (κ1) is 18.7. The van der Waals surface area contributed by atoms with Crippen molar-refractivity contribution in [2.45, 2.75) is 19.3 Å². The van der Waals surface area contributed by atoms with Gasteiger partial charge in [-0.1, -0.05) is 12.1 Å². The van der Waals surface area contributed by atoms with Crippen LogP contribution < -0.4 is 14.5 Å². The number of rotatable bonds is 6. The molecular formula is C22H28N4O2. The topological polar surface area (TPSA) is 48.9 Å². The first-order chi connectivity index (χ1) is 13.7. The molecule has 4 rings (SSSR count). The van der Waals surface area contributed by atoms with Gasteiger partial charge in [-0.15, -0.1) is 0 Å². The second-order valence-corrected chi connectivity index (χ2v) is 7.52. The van der Waals surface area contributed by atoms with Crippen LogP contribution in [0.25, 0.3) is 0 Å². The lowest BCUT2D eigenvalue weighted by molar-refractivity contribution is -0.120. The van der Waals surface area contributed by atoms with E-state index < -0.39 is 0 Å². The molecule has 1 saturated heterocycles. The predicted molar refractivity (Wildman–Crippen MR) is 111 cm³/mol. The summed E-state index contributed by atoms with van der Waals surface area (Å²) in [4.78, 5) is 22.7. The van der Waals surface area contributed by atoms with Gasteiger partial charge >= 0.3 is 0 Å². The SMILES string of the molecule is CN1C(=O)COc2cc(CCCCN3CCN(c4ccccn4)CC3)ccc21. The molecular weight excluding hydrogens is 352 g/mol. The molecule has 28 heavy (non-hydrogen) atoms. The normalized spacial score (nSPS) is 17.4. The Balaban J connectivity index is 1.19. The van der Waals surface area contributed by atoms with Crippen LogP contribution in [0.5, 0.6) is 5.75 Å². The number of nitrogens with zero attached hydrogens (tertiary/aromatic N) is 4. The summed E-state index contributed by atoms with van der Waals surface area (Å²) in [5.41, 5.74) is 2.15. The van der Waals surface area contributed by atoms with Crippen LogP contribution in [0.15, 0.2) is 42.6 Å². The summed E-state index contributed by atoms with van der Waals surface area (Å²) < 4.78 is 5.59. The van der Waals surface area contributed by atoms with Gasteiger partial charge in [0.25, 0.3) is 5.91 Å². The monoisotopic (exact) mass is 380 g/mol. The molecule has 0 radical (unpaired) electrons. The van der Waals surface area contributed by atoms with Crippen molar-refractivity contribution in [2.24, 2.45) is 0 Å². The zero-order chi connectivity index (χ0) is 19.3. The van der Waals surface area contributed by atoms with Crippen molar-refractivity contribution in [3.63, 3.8) is 0 Å². The fourth-order valence-electron chi connectivity index (χ4n) is 3.88. The highest BCUT2D eigenvalue weighted by molar-refractivity contribution is 5.97. The number of piperazine rings is 1. The molecule has 1 amide bonds. The van der Waals surface area contributed by atoms with E-state index in [0.29, 0.717) is 0 Å². The molecule has 0 atom stereocenters. The molecule has 1 aromatic carbocycles. The number of benzene rings is 1. The maximum atomic E-state index is 11.7. The van der Waals surface area contributed by atoms with Gasteiger partial charge in [-0.2, -0.15) is 0 Å². The number of hydrogen-bond donors (Lipinski definition) is 0. The van der Waals surface area contributed by atoms with Crippen LogP contribution >= 0.6 is 0 Å². The lowest BCUT2D eigenvalue weighted by Gasteiger charge is -2.35. The first-order valence-corrected chi connectivity index (χ1v) is 10.1. The summed E-state index contributed by atoms with van der Waals surface area (Å²) in [6.45, 7) is 5.58. The molecule has 0 spiro atoms. The van der Waals surface area contributed by atoms with Gasteiger partial charge in [0, 0.05) is 39.4 Å². The summed E-state index contributed by atoms with van der Waals surface area (Å²) in [5, 5.41) is 0. The van der Waals surface area contributed by atoms with Gasteiger partial charge in [0.2, 0.25) is 0 Å². The van der Waals surface area contributed by atoms with Crippen molar-refractivity contribution in [1.29, 1.82) is 0 Å². The Labute approximate surface area is 166 Å². The smallest absolute Gasteiger partial charge is 0.264 e. The number of likely N-dealkylation sites (N-methyl/N-ethyl adjacent to an activating group) is 1. The summed E-state index contributed by atoms with van der Waals surface area (Å²) >= 11 is 0. The van der Waals surface area contributed by atoms with Gasteiger partial charge in [0.15, 0.2) is 6.61 Å². The second-order valence-electron chi connectivity index (χ2n) is 7.52. The number of ether oxygens (including phenoxy) is 1. The molecule has 6 heteroatoms. The van der Waals surface area contributed by atoms with Crippen LogP contribution in [0.1, 0.15) is 18.4 Å². The molecule has 2 aromatic rings. The Bertz CT molecular complexity index is 803. The van der Waals surface area contributed by atoms with Crippen molar-refractivity contribution in [3.8, 4) is 5.75 Å². The number of pyridine rings is 1. The number of hydrogen-bond acceptors (Lipinski definition) is 5. The molecule has 1 aromatic heterocycles. The van der Waals surface area contributed by atoms with Gasteiger partial charge in [-0.3, -0.25) is 9.69 Å². The Hall–Kier alpha value is -2.60. The van der Waals surface area contributed by atoms with Crippen LogP contribution in [0.2, 0.25) is 0 Å². The average molecular weight is 380 g/mol. The van der Waals surface area contributed by atoms with E-state index in [4.69, 9.17) is 4.74 Å². The minimum absolute atomic E-state index is 0.00314. The zero-order valence-electron chi connectivity index (χ0n) is 16.5. The summed E-state index contributed by atoms with van der Waals surface area (Å²) in [7, 11) is 1.80. The molecule has 148 valence electrons. The van der Waals surface area contributed by atoms with Crippen LogP contribution in [0.4, 0.5) is 11.5 Å². The zero-order valence-corrected chi connectivity index (χ0v) is 16.5. The predicted octanol–water partition coefficient (Wildman–Crippen LogP) is 2.58. The van der Waals surface area contributed by atoms with Crippen molar-refractivity contribution in [1.82, 2.24) is 9.88 Å². The number of carbonyl (C=O) groups is 1. The third-order valence-corrected chi connectivity index (χ3v) is 5.65. The number of fused-ring (bicyclic) bond motifs is 1. The third kappa shape index (κ3) is 4.28. The number of aryl methyl sites for hydroxylation is 1. The number of unbranched alkanes of at least 4 members (excludes halogenated alkanes) is 1. The number of amides is 1. The maximum Gasteiger partial charge on any atom is 0.264 e. The van der Waals surface area contributed by atoms with Crippen LogP contribution in [0.3, 0.4) is 0 Å². The van der Waals surface area contributed by atoms with E-state index in [0.717, 1.165) is 62.8 Å². The van der Waals surface area contributed by atoms with Gasteiger partial charge in [-0.25, -0.2) is 4.98 Å². The highest BCUT2D eigenvalue weighted by Gasteiger charge is 2.22. The average Bonchev–Trinajstić information content (AvgIpc) is 2.75. The Morgan fingerprint density at radius 1 is 1.07 bits per heavy atom. The lowest BCUT2D eigenvalue weighted by atomic mass is 10.1. The molecule has 3 heterocycles. The summed E-state index contributed by atoms with van der Waals surface area (Å²) in [5.74, 6) is 1.91. The third-order valence-electron chi connectivity index (χ3n) is 5.65. The lowest BCUT2D eigenvalue weighted by Crippen LogP contribution is -2.46. The number of aromatic nitrogens is 1. The molecule has 2 aliphatic heterocycles. The van der Waals surface area contributed by atoms with Gasteiger partial charge < -0.3 is 14.5 Å². The van der Waals surface area contributed by atoms with Crippen molar-refractivity contribution >= 4 is 17.4 Å². The largest absolute Gasteiger partial charge is 0.482 e. The fourth-order valence-corrected chi connectivity index (χ4v) is 3.88. The number of carbonyl (C=O) groups excluding carboxylic acids is 1. The van der Waals surface area contributed by atoms with Gasteiger partial charge in [0.1, 0.15) is 11.6 Å².